The van der Waals surface area contributed by atoms with Gasteiger partial charge in [-0.2, -0.15) is 0 Å². The van der Waals surface area contributed by atoms with Crippen LogP contribution in [0.25, 0.3) is 0 Å². The fraction of sp³-hybridized carbons (Fsp3) is 1.00. The predicted molar refractivity (Wildman–Crippen MR) is 73.4 cm³/mol. The monoisotopic (exact) mass is 242 g/mol. The maximum atomic E-state index is 5.73. The van der Waals surface area contributed by atoms with Gasteiger partial charge in [-0.3, -0.25) is 4.90 Å². The van der Waals surface area contributed by atoms with Crippen molar-refractivity contribution in [3.63, 3.8) is 0 Å². The van der Waals surface area contributed by atoms with Gasteiger partial charge in [0.25, 0.3) is 0 Å². The maximum absolute atomic E-state index is 5.73. The molecule has 0 aliphatic carbocycles. The molecular weight excluding hydrogens is 212 g/mol. The lowest BCUT2D eigenvalue weighted by Gasteiger charge is -2.38. The number of rotatable bonds is 7. The van der Waals surface area contributed by atoms with Crippen LogP contribution in [0.15, 0.2) is 0 Å². The summed E-state index contributed by atoms with van der Waals surface area (Å²) in [5, 5.41) is 3.58. The highest BCUT2D eigenvalue weighted by atomic mass is 16.5. The van der Waals surface area contributed by atoms with Gasteiger partial charge in [0.2, 0.25) is 0 Å². The second-order valence-corrected chi connectivity index (χ2v) is 5.51. The van der Waals surface area contributed by atoms with Crippen molar-refractivity contribution in [1.82, 2.24) is 10.2 Å². The highest BCUT2D eigenvalue weighted by molar-refractivity contribution is 4.78. The van der Waals surface area contributed by atoms with Crippen LogP contribution in [-0.4, -0.2) is 49.8 Å². The zero-order valence-electron chi connectivity index (χ0n) is 12.0. The molecule has 0 bridgehead atoms. The summed E-state index contributed by atoms with van der Waals surface area (Å²) in [5.41, 5.74) is 0. The molecule has 3 nitrogen and oxygen atoms in total. The van der Waals surface area contributed by atoms with Crippen molar-refractivity contribution in [2.75, 3.05) is 32.8 Å². The number of nitrogens with zero attached hydrogens (tertiary/aromatic N) is 1. The molecule has 2 unspecified atom stereocenters. The largest absolute Gasteiger partial charge is 0.376 e. The zero-order chi connectivity index (χ0) is 12.7. The molecule has 1 rings (SSSR count). The smallest absolute Gasteiger partial charge is 0.0700 e. The Bertz CT molecular complexity index is 197. The minimum atomic E-state index is 0.447. The lowest BCUT2D eigenvalue weighted by Crippen LogP contribution is -2.50. The van der Waals surface area contributed by atoms with Gasteiger partial charge in [0.05, 0.1) is 12.7 Å². The van der Waals surface area contributed by atoms with Crippen LogP contribution < -0.4 is 5.32 Å². The van der Waals surface area contributed by atoms with E-state index in [-0.39, 0.29) is 0 Å². The summed E-state index contributed by atoms with van der Waals surface area (Å²) >= 11 is 0. The first-order chi connectivity index (χ1) is 8.17. The highest BCUT2D eigenvalue weighted by Gasteiger charge is 2.24. The van der Waals surface area contributed by atoms with Crippen LogP contribution in [-0.2, 0) is 4.74 Å². The Balaban J connectivity index is 2.32. The average Bonchev–Trinajstić information content (AvgIpc) is 2.34. The van der Waals surface area contributed by atoms with Crippen molar-refractivity contribution in [3.8, 4) is 0 Å². The van der Waals surface area contributed by atoms with Gasteiger partial charge in [0.15, 0.2) is 0 Å². The average molecular weight is 242 g/mol. The minimum Gasteiger partial charge on any atom is -0.376 e. The van der Waals surface area contributed by atoms with Crippen LogP contribution in [0.5, 0.6) is 0 Å². The molecule has 3 heteroatoms. The van der Waals surface area contributed by atoms with Crippen LogP contribution >= 0.6 is 0 Å². The fourth-order valence-electron chi connectivity index (χ4n) is 2.39. The van der Waals surface area contributed by atoms with Gasteiger partial charge in [-0.15, -0.1) is 0 Å². The summed E-state index contributed by atoms with van der Waals surface area (Å²) in [6.07, 6.45) is 2.80. The second-order valence-electron chi connectivity index (χ2n) is 5.51. The molecule has 17 heavy (non-hydrogen) atoms. The van der Waals surface area contributed by atoms with Crippen LogP contribution in [0.4, 0.5) is 0 Å². The normalized spacial score (nSPS) is 24.2. The van der Waals surface area contributed by atoms with E-state index < -0.39 is 0 Å². The number of ether oxygens (including phenoxy) is 1. The van der Waals surface area contributed by atoms with E-state index in [4.69, 9.17) is 4.74 Å². The predicted octanol–water partition coefficient (Wildman–Crippen LogP) is 2.12. The molecule has 2 atom stereocenters. The minimum absolute atomic E-state index is 0.447. The van der Waals surface area contributed by atoms with Crippen LogP contribution in [0.2, 0.25) is 0 Å². The molecule has 0 amide bonds. The summed E-state index contributed by atoms with van der Waals surface area (Å²) in [7, 11) is 0. The van der Waals surface area contributed by atoms with Crippen molar-refractivity contribution in [3.05, 3.63) is 0 Å². The Morgan fingerprint density at radius 3 is 2.65 bits per heavy atom. The van der Waals surface area contributed by atoms with E-state index in [1.807, 2.05) is 0 Å². The van der Waals surface area contributed by atoms with Gasteiger partial charge in [-0.25, -0.2) is 0 Å². The van der Waals surface area contributed by atoms with Crippen LogP contribution in [0, 0.1) is 5.92 Å². The van der Waals surface area contributed by atoms with Crippen LogP contribution in [0.3, 0.4) is 0 Å². The van der Waals surface area contributed by atoms with Crippen LogP contribution in [0.1, 0.15) is 40.5 Å². The lowest BCUT2D eigenvalue weighted by molar-refractivity contribution is -0.0446. The topological polar surface area (TPSA) is 24.5 Å². The SMILES string of the molecule is CCC1CN(C(CC)CNCC(C)C)CCO1. The van der Waals surface area contributed by atoms with E-state index in [0.29, 0.717) is 12.1 Å². The Morgan fingerprint density at radius 2 is 2.06 bits per heavy atom. The Kier molecular flexibility index (Phi) is 7.09. The van der Waals surface area contributed by atoms with E-state index in [1.54, 1.807) is 0 Å². The number of hydrogen-bond donors (Lipinski definition) is 1. The van der Waals surface area contributed by atoms with Crippen molar-refractivity contribution in [2.24, 2.45) is 5.92 Å². The third kappa shape index (κ3) is 5.36. The van der Waals surface area contributed by atoms with E-state index in [0.717, 1.165) is 45.1 Å². The summed E-state index contributed by atoms with van der Waals surface area (Å²) in [5.74, 6) is 0.737. The molecule has 0 aromatic heterocycles. The van der Waals surface area contributed by atoms with E-state index in [2.05, 4.69) is 37.9 Å². The van der Waals surface area contributed by atoms with E-state index in [1.165, 1.54) is 6.42 Å². The zero-order valence-corrected chi connectivity index (χ0v) is 12.0. The lowest BCUT2D eigenvalue weighted by atomic mass is 10.1. The molecule has 1 heterocycles. The molecule has 0 aromatic carbocycles. The molecule has 1 saturated heterocycles. The second kappa shape index (κ2) is 8.06. The maximum Gasteiger partial charge on any atom is 0.0700 e. The van der Waals surface area contributed by atoms with Gasteiger partial charge in [-0.1, -0.05) is 27.7 Å². The summed E-state index contributed by atoms with van der Waals surface area (Å²) in [6, 6.07) is 0.673. The summed E-state index contributed by atoms with van der Waals surface area (Å²) in [4.78, 5) is 2.60. The quantitative estimate of drug-likeness (QED) is 0.740. The Labute approximate surface area is 107 Å². The third-order valence-electron chi connectivity index (χ3n) is 3.55. The molecule has 0 saturated carbocycles. The van der Waals surface area contributed by atoms with Gasteiger partial charge < -0.3 is 10.1 Å². The molecule has 1 aliphatic rings. The molecule has 102 valence electrons. The standard InChI is InChI=1S/C14H30N2O/c1-5-13(10-15-9-12(3)4)16-7-8-17-14(6-2)11-16/h12-15H,5-11H2,1-4H3. The van der Waals surface area contributed by atoms with Crippen molar-refractivity contribution < 1.29 is 4.74 Å². The molecule has 1 fully saturated rings. The summed E-state index contributed by atoms with van der Waals surface area (Å²) in [6.45, 7) is 14.4. The molecule has 0 aromatic rings. The summed E-state index contributed by atoms with van der Waals surface area (Å²) < 4.78 is 5.73. The van der Waals surface area contributed by atoms with E-state index in [9.17, 15) is 0 Å². The van der Waals surface area contributed by atoms with E-state index >= 15 is 0 Å². The van der Waals surface area contributed by atoms with Gasteiger partial charge >= 0.3 is 0 Å². The molecular formula is C14H30N2O. The Hall–Kier alpha value is -0.120. The fourth-order valence-corrected chi connectivity index (χ4v) is 2.39. The number of nitrogens with one attached hydrogen (secondary N) is 1. The molecule has 0 spiro atoms. The first-order valence-corrected chi connectivity index (χ1v) is 7.23. The van der Waals surface area contributed by atoms with Gasteiger partial charge in [0.1, 0.15) is 0 Å². The van der Waals surface area contributed by atoms with Crippen molar-refractivity contribution in [1.29, 1.82) is 0 Å². The third-order valence-corrected chi connectivity index (χ3v) is 3.55. The van der Waals surface area contributed by atoms with Crippen molar-refractivity contribution in [2.45, 2.75) is 52.7 Å². The number of morpholine rings is 1. The molecule has 1 aliphatic heterocycles. The van der Waals surface area contributed by atoms with Gasteiger partial charge in [0, 0.05) is 25.7 Å². The first-order valence-electron chi connectivity index (χ1n) is 7.23. The van der Waals surface area contributed by atoms with Crippen molar-refractivity contribution >= 4 is 0 Å². The Morgan fingerprint density at radius 1 is 1.29 bits per heavy atom. The first kappa shape index (κ1) is 14.9. The number of hydrogen-bond acceptors (Lipinski definition) is 3. The van der Waals surface area contributed by atoms with Gasteiger partial charge in [-0.05, 0) is 25.3 Å². The highest BCUT2D eigenvalue weighted by Crippen LogP contribution is 2.13. The molecule has 0 radical (unpaired) electrons. The molecule has 1 N–H and O–H groups in total.